The number of nitrogen functional groups attached to an aromatic ring is 1. The monoisotopic (exact) mass is 545 g/mol. The van der Waals surface area contributed by atoms with Crippen molar-refractivity contribution >= 4 is 34.1 Å². The van der Waals surface area contributed by atoms with Crippen LogP contribution in [0, 0.1) is 11.8 Å². The number of imidazole rings is 1. The SMILES string of the molecule is C=CC(=O)NCCC#Cc1cccc2cc([C@@H](C)NC(=O)c3c(N)nc4cccnn34)n(-c3ccccc3)c(=O)c12. The van der Waals surface area contributed by atoms with Gasteiger partial charge in [0, 0.05) is 36.1 Å². The number of carbonyl (C=O) groups is 2. The molecule has 0 unspecified atom stereocenters. The van der Waals surface area contributed by atoms with Gasteiger partial charge in [0.2, 0.25) is 5.91 Å². The molecule has 1 atom stereocenters. The van der Waals surface area contributed by atoms with E-state index in [0.29, 0.717) is 46.3 Å². The minimum Gasteiger partial charge on any atom is -0.382 e. The van der Waals surface area contributed by atoms with Crippen LogP contribution in [0.1, 0.15) is 41.1 Å². The molecule has 0 saturated heterocycles. The first-order chi connectivity index (χ1) is 19.9. The molecule has 0 radical (unpaired) electrons. The van der Waals surface area contributed by atoms with Crippen LogP contribution < -0.4 is 21.9 Å². The predicted octanol–water partition coefficient (Wildman–Crippen LogP) is 3.15. The third-order valence-electron chi connectivity index (χ3n) is 6.47. The number of benzene rings is 2. The van der Waals surface area contributed by atoms with E-state index in [1.807, 2.05) is 48.5 Å². The van der Waals surface area contributed by atoms with Crippen molar-refractivity contribution in [2.75, 3.05) is 12.3 Å². The molecule has 0 aliphatic carbocycles. The molecule has 5 rings (SSSR count). The molecule has 0 saturated carbocycles. The van der Waals surface area contributed by atoms with Gasteiger partial charge in [-0.3, -0.25) is 19.0 Å². The summed E-state index contributed by atoms with van der Waals surface area (Å²) in [5, 5.41) is 11.0. The standard InChI is InChI=1S/C31H27N7O3/c1-3-26(39)33-17-8-7-11-21-12-9-13-22-19-24(37(31(41)27(21)22)23-14-5-4-6-15-23)20(2)35-30(40)28-29(32)36-25-16-10-18-34-38(25)28/h3-6,9-10,12-16,18-20H,1,8,17,32H2,2H3,(H,33,39)(H,35,40)/t20-/m1/s1. The average Bonchev–Trinajstić information content (AvgIpc) is 3.32. The molecule has 5 aromatic rings. The van der Waals surface area contributed by atoms with Gasteiger partial charge in [0.05, 0.1) is 11.4 Å². The maximum Gasteiger partial charge on any atom is 0.274 e. The summed E-state index contributed by atoms with van der Waals surface area (Å²) in [6.07, 6.45) is 3.16. The predicted molar refractivity (Wildman–Crippen MR) is 158 cm³/mol. The molecule has 3 heterocycles. The molecule has 4 N–H and O–H groups in total. The fraction of sp³-hybridized carbons (Fsp3) is 0.129. The van der Waals surface area contributed by atoms with Gasteiger partial charge in [-0.05, 0) is 54.8 Å². The Hall–Kier alpha value is -5.69. The minimum atomic E-state index is -0.600. The van der Waals surface area contributed by atoms with Gasteiger partial charge in [0.25, 0.3) is 11.5 Å². The number of nitrogens with two attached hydrogens (primary N) is 1. The second kappa shape index (κ2) is 11.6. The summed E-state index contributed by atoms with van der Waals surface area (Å²) in [5.41, 5.74) is 8.13. The lowest BCUT2D eigenvalue weighted by molar-refractivity contribution is -0.116. The molecule has 3 aromatic heterocycles. The normalized spacial score (nSPS) is 11.4. The lowest BCUT2D eigenvalue weighted by Crippen LogP contribution is -2.33. The van der Waals surface area contributed by atoms with E-state index in [-0.39, 0.29) is 23.0 Å². The molecule has 0 bridgehead atoms. The Bertz CT molecular complexity index is 1910. The van der Waals surface area contributed by atoms with E-state index in [4.69, 9.17) is 5.73 Å². The van der Waals surface area contributed by atoms with Gasteiger partial charge in [-0.2, -0.15) is 5.10 Å². The Morgan fingerprint density at radius 1 is 1.12 bits per heavy atom. The molecule has 2 amide bonds. The van der Waals surface area contributed by atoms with Crippen LogP contribution in [0.3, 0.4) is 0 Å². The van der Waals surface area contributed by atoms with Crippen LogP contribution in [0.4, 0.5) is 5.82 Å². The Morgan fingerprint density at radius 3 is 2.71 bits per heavy atom. The fourth-order valence-electron chi connectivity index (χ4n) is 4.58. The summed E-state index contributed by atoms with van der Waals surface area (Å²) in [6, 6.07) is 19.3. The number of para-hydroxylation sites is 1. The molecule has 41 heavy (non-hydrogen) atoms. The van der Waals surface area contributed by atoms with E-state index in [1.165, 1.54) is 10.6 Å². The summed E-state index contributed by atoms with van der Waals surface area (Å²) < 4.78 is 2.97. The lowest BCUT2D eigenvalue weighted by Gasteiger charge is -2.21. The highest BCUT2D eigenvalue weighted by Crippen LogP contribution is 2.24. The summed E-state index contributed by atoms with van der Waals surface area (Å²) in [4.78, 5) is 43.1. The number of fused-ring (bicyclic) bond motifs is 2. The Balaban J connectivity index is 1.56. The van der Waals surface area contributed by atoms with Crippen LogP contribution in [0.2, 0.25) is 0 Å². The topological polar surface area (TPSA) is 136 Å². The number of nitrogens with one attached hydrogen (secondary N) is 2. The van der Waals surface area contributed by atoms with Crippen molar-refractivity contribution in [3.05, 3.63) is 113 Å². The van der Waals surface area contributed by atoms with Crippen molar-refractivity contribution in [1.29, 1.82) is 0 Å². The van der Waals surface area contributed by atoms with E-state index in [0.717, 1.165) is 0 Å². The third-order valence-corrected chi connectivity index (χ3v) is 6.47. The number of pyridine rings is 1. The number of amides is 2. The number of carbonyl (C=O) groups excluding carboxylic acids is 2. The highest BCUT2D eigenvalue weighted by Gasteiger charge is 2.23. The Morgan fingerprint density at radius 2 is 1.93 bits per heavy atom. The van der Waals surface area contributed by atoms with Gasteiger partial charge in [0.1, 0.15) is 0 Å². The molecule has 0 spiro atoms. The first kappa shape index (κ1) is 26.9. The van der Waals surface area contributed by atoms with Crippen molar-refractivity contribution in [2.45, 2.75) is 19.4 Å². The molecule has 0 aliphatic rings. The summed E-state index contributed by atoms with van der Waals surface area (Å²) >= 11 is 0. The van der Waals surface area contributed by atoms with Gasteiger partial charge < -0.3 is 16.4 Å². The second-order valence-electron chi connectivity index (χ2n) is 9.20. The number of hydrogen-bond acceptors (Lipinski definition) is 6. The van der Waals surface area contributed by atoms with E-state index in [1.54, 1.807) is 35.9 Å². The number of anilines is 1. The first-order valence-corrected chi connectivity index (χ1v) is 12.9. The maximum absolute atomic E-state index is 14.1. The second-order valence-corrected chi connectivity index (χ2v) is 9.20. The van der Waals surface area contributed by atoms with E-state index in [9.17, 15) is 14.4 Å². The van der Waals surface area contributed by atoms with E-state index < -0.39 is 11.9 Å². The van der Waals surface area contributed by atoms with Crippen molar-refractivity contribution in [2.24, 2.45) is 0 Å². The van der Waals surface area contributed by atoms with Crippen molar-refractivity contribution in [3.8, 4) is 17.5 Å². The molecule has 2 aromatic carbocycles. The summed E-state index contributed by atoms with van der Waals surface area (Å²) in [6.45, 7) is 5.59. The first-order valence-electron chi connectivity index (χ1n) is 12.9. The molecule has 0 aliphatic heterocycles. The molecule has 10 nitrogen and oxygen atoms in total. The highest BCUT2D eigenvalue weighted by molar-refractivity contribution is 5.98. The smallest absolute Gasteiger partial charge is 0.274 e. The van der Waals surface area contributed by atoms with Gasteiger partial charge in [-0.25, -0.2) is 9.50 Å². The lowest BCUT2D eigenvalue weighted by atomic mass is 10.0. The third kappa shape index (κ3) is 5.42. The zero-order valence-electron chi connectivity index (χ0n) is 22.3. The number of hydrogen-bond donors (Lipinski definition) is 3. The molecular formula is C31H27N7O3. The molecule has 204 valence electrons. The van der Waals surface area contributed by atoms with E-state index >= 15 is 0 Å². The van der Waals surface area contributed by atoms with Gasteiger partial charge in [-0.15, -0.1) is 0 Å². The molecule has 0 fully saturated rings. The zero-order chi connectivity index (χ0) is 28.9. The zero-order valence-corrected chi connectivity index (χ0v) is 22.3. The summed E-state index contributed by atoms with van der Waals surface area (Å²) in [7, 11) is 0. The van der Waals surface area contributed by atoms with Gasteiger partial charge in [-0.1, -0.05) is 48.8 Å². The average molecular weight is 546 g/mol. The van der Waals surface area contributed by atoms with Gasteiger partial charge in [0.15, 0.2) is 17.2 Å². The van der Waals surface area contributed by atoms with Gasteiger partial charge >= 0.3 is 0 Å². The Labute approximate surface area is 235 Å². The van der Waals surface area contributed by atoms with Crippen LogP contribution >= 0.6 is 0 Å². The van der Waals surface area contributed by atoms with Crippen LogP contribution in [0.15, 0.2) is 90.4 Å². The minimum absolute atomic E-state index is 0.0552. The Kier molecular flexibility index (Phi) is 7.60. The van der Waals surface area contributed by atoms with Crippen LogP contribution in [0.25, 0.3) is 22.1 Å². The highest BCUT2D eigenvalue weighted by atomic mass is 16.2. The van der Waals surface area contributed by atoms with Crippen molar-refractivity contribution in [3.63, 3.8) is 0 Å². The molecular weight excluding hydrogens is 518 g/mol. The van der Waals surface area contributed by atoms with Crippen LogP contribution in [0.5, 0.6) is 0 Å². The maximum atomic E-state index is 14.1. The quantitative estimate of drug-likeness (QED) is 0.163. The summed E-state index contributed by atoms with van der Waals surface area (Å²) in [5.74, 6) is 5.42. The van der Waals surface area contributed by atoms with Crippen molar-refractivity contribution < 1.29 is 9.59 Å². The number of rotatable bonds is 7. The number of nitrogens with zero attached hydrogens (tertiary/aromatic N) is 4. The largest absolute Gasteiger partial charge is 0.382 e. The van der Waals surface area contributed by atoms with Crippen molar-refractivity contribution in [1.82, 2.24) is 29.8 Å². The van der Waals surface area contributed by atoms with Crippen LogP contribution in [-0.4, -0.2) is 37.5 Å². The van der Waals surface area contributed by atoms with E-state index in [2.05, 4.69) is 39.1 Å². The van der Waals surface area contributed by atoms with Crippen LogP contribution in [-0.2, 0) is 4.79 Å². The fourth-order valence-corrected chi connectivity index (χ4v) is 4.58. The molecule has 10 heteroatoms. The number of aromatic nitrogens is 4.